The van der Waals surface area contributed by atoms with E-state index in [9.17, 15) is 4.79 Å². The number of rotatable bonds is 7. The molecule has 1 heterocycles. The molecule has 0 bridgehead atoms. The van der Waals surface area contributed by atoms with Crippen LogP contribution in [0.5, 0.6) is 0 Å². The van der Waals surface area contributed by atoms with E-state index in [1.807, 2.05) is 0 Å². The molecule has 0 fully saturated rings. The summed E-state index contributed by atoms with van der Waals surface area (Å²) >= 11 is 11.8. The second-order valence-corrected chi connectivity index (χ2v) is 5.62. The second kappa shape index (κ2) is 9.61. The van der Waals surface area contributed by atoms with Crippen LogP contribution in [0.3, 0.4) is 0 Å². The van der Waals surface area contributed by atoms with E-state index in [2.05, 4.69) is 20.7 Å². The van der Waals surface area contributed by atoms with Crippen LogP contribution >= 0.6 is 23.2 Å². The summed E-state index contributed by atoms with van der Waals surface area (Å²) in [6.07, 6.45) is 4.46. The van der Waals surface area contributed by atoms with E-state index in [4.69, 9.17) is 33.8 Å². The summed E-state index contributed by atoms with van der Waals surface area (Å²) in [5, 5.41) is 8.50. The van der Waals surface area contributed by atoms with Gasteiger partial charge in [0.05, 0.1) is 12.6 Å². The molecule has 25 heavy (non-hydrogen) atoms. The number of hydrogen-bond donors (Lipinski definition) is 2. The number of halogens is 2. The van der Waals surface area contributed by atoms with Gasteiger partial charge < -0.3 is 10.6 Å². The van der Waals surface area contributed by atoms with E-state index < -0.39 is 0 Å². The minimum Gasteiger partial charge on any atom is -0.391 e. The number of oxime groups is 1. The summed E-state index contributed by atoms with van der Waals surface area (Å²) in [4.78, 5) is 20.6. The Kier molecular flexibility index (Phi) is 7.18. The summed E-state index contributed by atoms with van der Waals surface area (Å²) in [6.45, 7) is 0.167. The van der Waals surface area contributed by atoms with Crippen molar-refractivity contribution in [2.24, 2.45) is 16.0 Å². The van der Waals surface area contributed by atoms with Crippen molar-refractivity contribution in [3.63, 3.8) is 0 Å². The van der Waals surface area contributed by atoms with Crippen LogP contribution in [-0.4, -0.2) is 22.9 Å². The SMILES string of the molecule is N/C(=N/NC(=O)C/C=N\OCc1ccc(Cl)cc1Cl)c1cccnc1. The van der Waals surface area contributed by atoms with Crippen LogP contribution in [0.4, 0.5) is 0 Å². The van der Waals surface area contributed by atoms with Crippen molar-refractivity contribution in [1.29, 1.82) is 0 Å². The minimum absolute atomic E-state index is 0.0157. The summed E-state index contributed by atoms with van der Waals surface area (Å²) in [6, 6.07) is 8.51. The molecule has 1 amide bonds. The van der Waals surface area contributed by atoms with Crippen LogP contribution in [0.2, 0.25) is 10.0 Å². The van der Waals surface area contributed by atoms with Crippen molar-refractivity contribution in [3.8, 4) is 0 Å². The summed E-state index contributed by atoms with van der Waals surface area (Å²) < 4.78 is 0. The molecule has 130 valence electrons. The van der Waals surface area contributed by atoms with Gasteiger partial charge in [-0.25, -0.2) is 5.43 Å². The Balaban J connectivity index is 1.73. The lowest BCUT2D eigenvalue weighted by atomic mass is 10.2. The van der Waals surface area contributed by atoms with Gasteiger partial charge in [0.25, 0.3) is 0 Å². The quantitative estimate of drug-likeness (QED) is 0.438. The first-order valence-electron chi connectivity index (χ1n) is 7.16. The summed E-state index contributed by atoms with van der Waals surface area (Å²) in [5.74, 6) is -0.226. The average Bonchev–Trinajstić information content (AvgIpc) is 2.61. The van der Waals surface area contributed by atoms with Crippen LogP contribution in [0.1, 0.15) is 17.5 Å². The Labute approximate surface area is 154 Å². The number of benzene rings is 1. The number of nitrogens with zero attached hydrogens (tertiary/aromatic N) is 3. The van der Waals surface area contributed by atoms with E-state index in [1.54, 1.807) is 42.7 Å². The van der Waals surface area contributed by atoms with Crippen molar-refractivity contribution in [2.75, 3.05) is 0 Å². The molecule has 1 aromatic carbocycles. The van der Waals surface area contributed by atoms with Crippen molar-refractivity contribution >= 4 is 41.2 Å². The molecule has 0 atom stereocenters. The first-order valence-corrected chi connectivity index (χ1v) is 7.92. The second-order valence-electron chi connectivity index (χ2n) is 4.78. The van der Waals surface area contributed by atoms with Gasteiger partial charge in [-0.2, -0.15) is 5.10 Å². The van der Waals surface area contributed by atoms with Crippen molar-refractivity contribution in [1.82, 2.24) is 10.4 Å². The standard InChI is InChI=1S/C16H15Cl2N5O2/c17-13-4-3-12(14(18)8-13)10-25-21-7-5-15(24)22-23-16(19)11-2-1-6-20-9-11/h1-4,6-9H,5,10H2,(H2,19,23)(H,22,24)/b21-7-. The highest BCUT2D eigenvalue weighted by atomic mass is 35.5. The van der Waals surface area contributed by atoms with E-state index in [-0.39, 0.29) is 24.8 Å². The fourth-order valence-corrected chi connectivity index (χ4v) is 2.13. The highest BCUT2D eigenvalue weighted by Crippen LogP contribution is 2.21. The zero-order chi connectivity index (χ0) is 18.1. The molecule has 2 rings (SSSR count). The zero-order valence-electron chi connectivity index (χ0n) is 13.0. The zero-order valence-corrected chi connectivity index (χ0v) is 14.5. The Hall–Kier alpha value is -2.64. The first kappa shape index (κ1) is 18.7. The van der Waals surface area contributed by atoms with Gasteiger partial charge in [-0.3, -0.25) is 9.78 Å². The van der Waals surface area contributed by atoms with E-state index >= 15 is 0 Å². The number of hydrogen-bond acceptors (Lipinski definition) is 5. The lowest BCUT2D eigenvalue weighted by molar-refractivity contribution is -0.119. The topological polar surface area (TPSA) is 102 Å². The predicted octanol–water partition coefficient (Wildman–Crippen LogP) is 2.72. The molecule has 0 aliphatic heterocycles. The number of carbonyl (C=O) groups is 1. The maximum Gasteiger partial charge on any atom is 0.245 e. The number of nitrogens with one attached hydrogen (secondary N) is 1. The largest absolute Gasteiger partial charge is 0.391 e. The van der Waals surface area contributed by atoms with Crippen LogP contribution in [0.15, 0.2) is 53.0 Å². The summed E-state index contributed by atoms with van der Waals surface area (Å²) in [5.41, 5.74) is 9.39. The molecule has 9 heteroatoms. The number of carbonyl (C=O) groups excluding carboxylic acids is 1. The number of pyridine rings is 1. The first-order chi connectivity index (χ1) is 12.1. The lowest BCUT2D eigenvalue weighted by Crippen LogP contribution is -2.24. The molecule has 0 saturated carbocycles. The third-order valence-electron chi connectivity index (χ3n) is 2.92. The Morgan fingerprint density at radius 3 is 2.92 bits per heavy atom. The van der Waals surface area contributed by atoms with Gasteiger partial charge in [-0.05, 0) is 24.3 Å². The monoisotopic (exact) mass is 379 g/mol. The molecule has 0 spiro atoms. The number of aromatic nitrogens is 1. The van der Waals surface area contributed by atoms with Crippen LogP contribution in [0, 0.1) is 0 Å². The molecular formula is C16H15Cl2N5O2. The molecule has 2 aromatic rings. The van der Waals surface area contributed by atoms with Gasteiger partial charge in [0.1, 0.15) is 6.61 Å². The van der Waals surface area contributed by atoms with Crippen molar-refractivity contribution < 1.29 is 9.63 Å². The third-order valence-corrected chi connectivity index (χ3v) is 3.51. The van der Waals surface area contributed by atoms with Crippen LogP contribution in [0.25, 0.3) is 0 Å². The number of amidine groups is 1. The Bertz CT molecular complexity index is 781. The molecule has 7 nitrogen and oxygen atoms in total. The third kappa shape index (κ3) is 6.40. The number of nitrogens with two attached hydrogens (primary N) is 1. The lowest BCUT2D eigenvalue weighted by Gasteiger charge is -2.03. The molecule has 0 radical (unpaired) electrons. The van der Waals surface area contributed by atoms with Crippen LogP contribution in [-0.2, 0) is 16.2 Å². The molecule has 1 aromatic heterocycles. The predicted molar refractivity (Wildman–Crippen MR) is 97.5 cm³/mol. The van der Waals surface area contributed by atoms with Gasteiger partial charge in [-0.1, -0.05) is 34.4 Å². The number of amides is 1. The van der Waals surface area contributed by atoms with Crippen molar-refractivity contribution in [2.45, 2.75) is 13.0 Å². The Morgan fingerprint density at radius 2 is 2.20 bits per heavy atom. The van der Waals surface area contributed by atoms with Crippen LogP contribution < -0.4 is 11.2 Å². The van der Waals surface area contributed by atoms with E-state index in [0.29, 0.717) is 15.6 Å². The average molecular weight is 380 g/mol. The van der Waals surface area contributed by atoms with Crippen molar-refractivity contribution in [3.05, 3.63) is 63.9 Å². The van der Waals surface area contributed by atoms with Gasteiger partial charge in [0, 0.05) is 33.6 Å². The van der Waals surface area contributed by atoms with E-state index in [0.717, 1.165) is 5.56 Å². The maximum absolute atomic E-state index is 11.6. The molecule has 3 N–H and O–H groups in total. The molecule has 0 saturated heterocycles. The molecule has 0 aliphatic rings. The molecular weight excluding hydrogens is 365 g/mol. The highest BCUT2D eigenvalue weighted by Gasteiger charge is 2.02. The molecule has 0 aliphatic carbocycles. The fourth-order valence-electron chi connectivity index (χ4n) is 1.67. The van der Waals surface area contributed by atoms with Gasteiger partial charge >= 0.3 is 0 Å². The fraction of sp³-hybridized carbons (Fsp3) is 0.125. The summed E-state index contributed by atoms with van der Waals surface area (Å²) in [7, 11) is 0. The normalized spacial score (nSPS) is 11.5. The highest BCUT2D eigenvalue weighted by molar-refractivity contribution is 6.35. The number of hydrazone groups is 1. The van der Waals surface area contributed by atoms with Gasteiger partial charge in [0.2, 0.25) is 5.91 Å². The van der Waals surface area contributed by atoms with Gasteiger partial charge in [-0.15, -0.1) is 0 Å². The molecule has 0 unspecified atom stereocenters. The maximum atomic E-state index is 11.6. The van der Waals surface area contributed by atoms with E-state index in [1.165, 1.54) is 6.21 Å². The smallest absolute Gasteiger partial charge is 0.245 e. The van der Waals surface area contributed by atoms with Gasteiger partial charge in [0.15, 0.2) is 5.84 Å². The minimum atomic E-state index is -0.385. The Morgan fingerprint density at radius 1 is 1.36 bits per heavy atom.